The van der Waals surface area contributed by atoms with Crippen LogP contribution in [0.2, 0.25) is 0 Å². The molecule has 7 heteroatoms. The molecular formula is C18H17F5O2. The van der Waals surface area contributed by atoms with E-state index >= 15 is 0 Å². The van der Waals surface area contributed by atoms with Crippen LogP contribution in [-0.4, -0.2) is 12.7 Å². The number of halogens is 5. The second-order valence-electron chi connectivity index (χ2n) is 5.42. The molecule has 25 heavy (non-hydrogen) atoms. The minimum atomic E-state index is -3.53. The highest BCUT2D eigenvalue weighted by atomic mass is 19.3. The molecule has 0 atom stereocenters. The summed E-state index contributed by atoms with van der Waals surface area (Å²) in [6, 6.07) is 9.76. The van der Waals surface area contributed by atoms with E-state index in [-0.39, 0.29) is 12.2 Å². The van der Waals surface area contributed by atoms with E-state index in [0.717, 1.165) is 30.2 Å². The summed E-state index contributed by atoms with van der Waals surface area (Å²) in [5.74, 6) is -1.83. The van der Waals surface area contributed by atoms with Gasteiger partial charge in [-0.15, -0.1) is 0 Å². The zero-order valence-corrected chi connectivity index (χ0v) is 13.4. The number of hydrogen-bond acceptors (Lipinski definition) is 2. The molecule has 0 aromatic heterocycles. The normalized spacial score (nSPS) is 11.8. The third-order valence-electron chi connectivity index (χ3n) is 3.50. The van der Waals surface area contributed by atoms with E-state index in [1.54, 1.807) is 12.1 Å². The van der Waals surface area contributed by atoms with Crippen molar-refractivity contribution in [2.45, 2.75) is 39.1 Å². The number of ether oxygens (including phenoxy) is 2. The molecule has 0 bridgehead atoms. The monoisotopic (exact) mass is 360 g/mol. The fourth-order valence-corrected chi connectivity index (χ4v) is 2.19. The molecule has 2 aromatic carbocycles. The van der Waals surface area contributed by atoms with Crippen LogP contribution in [0.15, 0.2) is 42.5 Å². The summed E-state index contributed by atoms with van der Waals surface area (Å²) in [5.41, 5.74) is 1.58. The number of alkyl halides is 4. The minimum Gasteiger partial charge on any atom is -0.432 e. The Kier molecular flexibility index (Phi) is 6.36. The first-order valence-corrected chi connectivity index (χ1v) is 7.62. The van der Waals surface area contributed by atoms with Gasteiger partial charge in [-0.25, -0.2) is 4.39 Å². The van der Waals surface area contributed by atoms with E-state index in [1.807, 2.05) is 19.1 Å². The van der Waals surface area contributed by atoms with E-state index in [0.29, 0.717) is 5.56 Å². The molecule has 0 amide bonds. The maximum absolute atomic E-state index is 13.9. The van der Waals surface area contributed by atoms with Gasteiger partial charge in [-0.3, -0.25) is 0 Å². The van der Waals surface area contributed by atoms with Crippen LogP contribution in [-0.2, 0) is 24.2 Å². The van der Waals surface area contributed by atoms with E-state index in [4.69, 9.17) is 0 Å². The van der Waals surface area contributed by atoms with Gasteiger partial charge in [0.1, 0.15) is 0 Å². The molecule has 0 aliphatic heterocycles. The fraction of sp³-hybridized carbons (Fsp3) is 0.333. The molecule has 0 fully saturated rings. The molecule has 0 aliphatic rings. The predicted octanol–water partition coefficient (Wildman–Crippen LogP) is 5.34. The molecule has 0 heterocycles. The summed E-state index contributed by atoms with van der Waals surface area (Å²) >= 11 is 0. The third kappa shape index (κ3) is 6.01. The Hall–Kier alpha value is -2.15. The van der Waals surface area contributed by atoms with Gasteiger partial charge in [0.15, 0.2) is 11.6 Å². The number of benzene rings is 2. The van der Waals surface area contributed by atoms with Crippen LogP contribution in [0, 0.1) is 5.82 Å². The van der Waals surface area contributed by atoms with Crippen molar-refractivity contribution in [1.29, 1.82) is 0 Å². The summed E-state index contributed by atoms with van der Waals surface area (Å²) in [6.07, 6.45) is -3.57. The van der Waals surface area contributed by atoms with Crippen molar-refractivity contribution in [3.8, 4) is 5.75 Å². The molecule has 0 saturated carbocycles. The van der Waals surface area contributed by atoms with E-state index in [2.05, 4.69) is 9.47 Å². The molecule has 136 valence electrons. The standard InChI is InChI=1S/C18H17F5O2/c1-2-12-3-5-13(6-4-12)11-24-18(22,23)10-14-7-8-16(15(19)9-14)25-17(20)21/h3-9,17H,2,10-11H2,1H3. The Morgan fingerprint density at radius 1 is 0.960 bits per heavy atom. The van der Waals surface area contributed by atoms with Crippen LogP contribution in [0.25, 0.3) is 0 Å². The molecule has 2 rings (SSSR count). The van der Waals surface area contributed by atoms with Gasteiger partial charge in [-0.05, 0) is 35.2 Å². The Morgan fingerprint density at radius 2 is 1.56 bits per heavy atom. The lowest BCUT2D eigenvalue weighted by Crippen LogP contribution is -2.24. The van der Waals surface area contributed by atoms with Gasteiger partial charge in [-0.2, -0.15) is 17.6 Å². The summed E-state index contributed by atoms with van der Waals surface area (Å²) < 4.78 is 74.0. The van der Waals surface area contributed by atoms with Gasteiger partial charge in [-0.1, -0.05) is 37.3 Å². The van der Waals surface area contributed by atoms with Crippen LogP contribution in [0.3, 0.4) is 0 Å². The lowest BCUT2D eigenvalue weighted by Gasteiger charge is -2.17. The van der Waals surface area contributed by atoms with Crippen LogP contribution in [0.4, 0.5) is 22.0 Å². The first-order valence-electron chi connectivity index (χ1n) is 7.62. The lowest BCUT2D eigenvalue weighted by molar-refractivity contribution is -0.244. The smallest absolute Gasteiger partial charge is 0.387 e. The second-order valence-corrected chi connectivity index (χ2v) is 5.42. The topological polar surface area (TPSA) is 18.5 Å². The molecular weight excluding hydrogens is 343 g/mol. The first-order chi connectivity index (χ1) is 11.8. The van der Waals surface area contributed by atoms with Crippen molar-refractivity contribution in [3.05, 3.63) is 65.0 Å². The summed E-state index contributed by atoms with van der Waals surface area (Å²) in [6.45, 7) is -1.51. The van der Waals surface area contributed by atoms with Crippen molar-refractivity contribution in [2.75, 3.05) is 0 Å². The molecule has 0 aliphatic carbocycles. The highest BCUT2D eigenvalue weighted by molar-refractivity contribution is 5.30. The average Bonchev–Trinajstić information content (AvgIpc) is 2.55. The molecule has 0 unspecified atom stereocenters. The van der Waals surface area contributed by atoms with Crippen LogP contribution < -0.4 is 4.74 Å². The highest BCUT2D eigenvalue weighted by Gasteiger charge is 2.31. The zero-order chi connectivity index (χ0) is 18.4. The maximum Gasteiger partial charge on any atom is 0.387 e. The third-order valence-corrected chi connectivity index (χ3v) is 3.50. The fourth-order valence-electron chi connectivity index (χ4n) is 2.19. The molecule has 0 spiro atoms. The summed E-state index contributed by atoms with van der Waals surface area (Å²) in [5, 5.41) is 0. The Labute approximate surface area is 142 Å². The van der Waals surface area contributed by atoms with Crippen molar-refractivity contribution in [2.24, 2.45) is 0 Å². The van der Waals surface area contributed by atoms with Crippen molar-refractivity contribution >= 4 is 0 Å². The lowest BCUT2D eigenvalue weighted by atomic mass is 10.1. The molecule has 0 saturated heterocycles. The van der Waals surface area contributed by atoms with Crippen molar-refractivity contribution in [1.82, 2.24) is 0 Å². The van der Waals surface area contributed by atoms with Crippen molar-refractivity contribution in [3.63, 3.8) is 0 Å². The Morgan fingerprint density at radius 3 is 2.12 bits per heavy atom. The van der Waals surface area contributed by atoms with E-state index in [9.17, 15) is 22.0 Å². The highest BCUT2D eigenvalue weighted by Crippen LogP contribution is 2.27. The predicted molar refractivity (Wildman–Crippen MR) is 82.3 cm³/mol. The average molecular weight is 360 g/mol. The zero-order valence-electron chi connectivity index (χ0n) is 13.4. The van der Waals surface area contributed by atoms with Crippen molar-refractivity contribution < 1.29 is 31.4 Å². The quantitative estimate of drug-likeness (QED) is 0.592. The van der Waals surface area contributed by atoms with Gasteiger partial charge in [0.2, 0.25) is 0 Å². The molecule has 2 aromatic rings. The molecule has 0 radical (unpaired) electrons. The Bertz CT molecular complexity index is 686. The van der Waals surface area contributed by atoms with Crippen LogP contribution >= 0.6 is 0 Å². The van der Waals surface area contributed by atoms with E-state index < -0.39 is 30.7 Å². The Balaban J connectivity index is 1.96. The summed E-state index contributed by atoms with van der Waals surface area (Å²) in [7, 11) is 0. The second kappa shape index (κ2) is 8.29. The minimum absolute atomic E-state index is 0.0922. The van der Waals surface area contributed by atoms with Gasteiger partial charge >= 0.3 is 12.7 Å². The van der Waals surface area contributed by atoms with Gasteiger partial charge in [0.05, 0.1) is 13.0 Å². The summed E-state index contributed by atoms with van der Waals surface area (Å²) in [4.78, 5) is 0. The number of aryl methyl sites for hydroxylation is 1. The number of rotatable bonds is 8. The SMILES string of the molecule is CCc1ccc(COC(F)(F)Cc2ccc(OC(F)F)c(F)c2)cc1. The van der Waals surface area contributed by atoms with Crippen LogP contribution in [0.1, 0.15) is 23.6 Å². The van der Waals surface area contributed by atoms with Gasteiger partial charge in [0, 0.05) is 0 Å². The van der Waals surface area contributed by atoms with Gasteiger partial charge < -0.3 is 9.47 Å². The maximum atomic E-state index is 13.9. The number of hydrogen-bond donors (Lipinski definition) is 0. The molecule has 0 N–H and O–H groups in total. The van der Waals surface area contributed by atoms with E-state index in [1.165, 1.54) is 0 Å². The largest absolute Gasteiger partial charge is 0.432 e. The first kappa shape index (κ1) is 19.2. The van der Waals surface area contributed by atoms with Crippen LogP contribution in [0.5, 0.6) is 5.75 Å². The van der Waals surface area contributed by atoms with Gasteiger partial charge in [0.25, 0.3) is 0 Å². The molecule has 2 nitrogen and oxygen atoms in total.